The Morgan fingerprint density at radius 2 is 2.08 bits per heavy atom. The van der Waals surface area contributed by atoms with E-state index in [0.717, 1.165) is 0 Å². The molecule has 0 aliphatic heterocycles. The van der Waals surface area contributed by atoms with Crippen LogP contribution in [0.25, 0.3) is 0 Å². The summed E-state index contributed by atoms with van der Waals surface area (Å²) in [5, 5.41) is 0. The van der Waals surface area contributed by atoms with Gasteiger partial charge in [0, 0.05) is 0 Å². The van der Waals surface area contributed by atoms with Crippen LogP contribution in [0.2, 0.25) is 0 Å². The highest BCUT2D eigenvalue weighted by atomic mass is 35.5. The second kappa shape index (κ2) is 6.40. The molecule has 0 heterocycles. The smallest absolute Gasteiger partial charge is 0.430 e. The SMILES string of the molecule is C=CCOC(=O)OC(Cl)C(Cl)Cl. The van der Waals surface area contributed by atoms with Crippen molar-refractivity contribution in [2.45, 2.75) is 10.4 Å². The van der Waals surface area contributed by atoms with E-state index in [9.17, 15) is 4.79 Å². The van der Waals surface area contributed by atoms with Gasteiger partial charge in [0.25, 0.3) is 0 Å². The van der Waals surface area contributed by atoms with Crippen LogP contribution in [-0.2, 0) is 9.47 Å². The van der Waals surface area contributed by atoms with Crippen LogP contribution in [-0.4, -0.2) is 23.2 Å². The van der Waals surface area contributed by atoms with Gasteiger partial charge in [0.2, 0.25) is 5.56 Å². The summed E-state index contributed by atoms with van der Waals surface area (Å²) in [5.41, 5.74) is -1.11. The van der Waals surface area contributed by atoms with E-state index in [0.29, 0.717) is 0 Å². The Hall–Kier alpha value is -0.120. The zero-order valence-corrected chi connectivity index (χ0v) is 8.27. The molecule has 0 spiro atoms. The molecule has 0 aromatic rings. The normalized spacial score (nSPS) is 12.3. The number of alkyl halides is 3. The van der Waals surface area contributed by atoms with Crippen LogP contribution in [0, 0.1) is 0 Å². The van der Waals surface area contributed by atoms with Gasteiger partial charge in [-0.25, -0.2) is 4.79 Å². The van der Waals surface area contributed by atoms with Crippen LogP contribution in [0.15, 0.2) is 12.7 Å². The second-order valence-electron chi connectivity index (χ2n) is 1.65. The van der Waals surface area contributed by atoms with Crippen molar-refractivity contribution in [2.24, 2.45) is 0 Å². The van der Waals surface area contributed by atoms with Crippen molar-refractivity contribution in [1.82, 2.24) is 0 Å². The third kappa shape index (κ3) is 5.52. The van der Waals surface area contributed by atoms with Crippen LogP contribution in [0.5, 0.6) is 0 Å². The molecule has 0 rings (SSSR count). The fraction of sp³-hybridized carbons (Fsp3) is 0.500. The van der Waals surface area contributed by atoms with Gasteiger partial charge in [-0.2, -0.15) is 0 Å². The lowest BCUT2D eigenvalue weighted by Gasteiger charge is -2.10. The molecule has 0 aromatic heterocycles. The zero-order chi connectivity index (χ0) is 9.56. The maximum Gasteiger partial charge on any atom is 0.510 e. The maximum absolute atomic E-state index is 10.6. The summed E-state index contributed by atoms with van der Waals surface area (Å²) < 4.78 is 8.84. The van der Waals surface area contributed by atoms with E-state index in [-0.39, 0.29) is 6.61 Å². The number of rotatable bonds is 4. The lowest BCUT2D eigenvalue weighted by Crippen LogP contribution is -2.19. The molecule has 0 amide bonds. The molecule has 1 unspecified atom stereocenters. The largest absolute Gasteiger partial charge is 0.510 e. The summed E-state index contributed by atoms with van der Waals surface area (Å²) in [6, 6.07) is 0. The molecular formula is C6H7Cl3O3. The number of hydrogen-bond donors (Lipinski definition) is 0. The molecule has 1 atom stereocenters. The van der Waals surface area contributed by atoms with Gasteiger partial charge in [0.05, 0.1) is 0 Å². The molecule has 0 bridgehead atoms. The van der Waals surface area contributed by atoms with E-state index in [2.05, 4.69) is 16.1 Å². The summed E-state index contributed by atoms with van der Waals surface area (Å²) in [4.78, 5) is 9.64. The third-order valence-electron chi connectivity index (χ3n) is 0.726. The topological polar surface area (TPSA) is 35.5 Å². The van der Waals surface area contributed by atoms with Crippen molar-refractivity contribution in [3.05, 3.63) is 12.7 Å². The average molecular weight is 233 g/mol. The predicted molar refractivity (Wildman–Crippen MR) is 47.8 cm³/mol. The lowest BCUT2D eigenvalue weighted by molar-refractivity contribution is 0.0562. The van der Waals surface area contributed by atoms with E-state index in [4.69, 9.17) is 34.8 Å². The molecule has 0 aliphatic carbocycles. The van der Waals surface area contributed by atoms with Crippen molar-refractivity contribution in [3.8, 4) is 0 Å². The van der Waals surface area contributed by atoms with E-state index >= 15 is 0 Å². The number of ether oxygens (including phenoxy) is 2. The highest BCUT2D eigenvalue weighted by Gasteiger charge is 2.18. The second-order valence-corrected chi connectivity index (χ2v) is 3.25. The average Bonchev–Trinajstić information content (AvgIpc) is 2.00. The predicted octanol–water partition coefficient (Wildman–Crippen LogP) is 2.69. The van der Waals surface area contributed by atoms with Crippen molar-refractivity contribution in [3.63, 3.8) is 0 Å². The standard InChI is InChI=1S/C6H7Cl3O3/c1-2-3-11-6(10)12-5(9)4(7)8/h2,4-5H,1,3H2. The van der Waals surface area contributed by atoms with Crippen LogP contribution >= 0.6 is 34.8 Å². The first-order valence-corrected chi connectivity index (χ1v) is 4.25. The molecule has 12 heavy (non-hydrogen) atoms. The Morgan fingerprint density at radius 1 is 1.50 bits per heavy atom. The summed E-state index contributed by atoms with van der Waals surface area (Å²) in [5.74, 6) is 0. The van der Waals surface area contributed by atoms with Gasteiger partial charge in [-0.3, -0.25) is 0 Å². The summed E-state index contributed by atoms with van der Waals surface area (Å²) >= 11 is 16.0. The Morgan fingerprint density at radius 3 is 2.50 bits per heavy atom. The van der Waals surface area contributed by atoms with Crippen molar-refractivity contribution >= 4 is 41.0 Å². The molecule has 3 nitrogen and oxygen atoms in total. The molecular weight excluding hydrogens is 226 g/mol. The van der Waals surface area contributed by atoms with Crippen LogP contribution < -0.4 is 0 Å². The first-order valence-electron chi connectivity index (χ1n) is 2.94. The molecule has 6 heteroatoms. The van der Waals surface area contributed by atoms with Crippen LogP contribution in [0.1, 0.15) is 0 Å². The number of carbonyl (C=O) groups excluding carboxylic acids is 1. The molecule has 70 valence electrons. The fourth-order valence-electron chi connectivity index (χ4n) is 0.304. The summed E-state index contributed by atoms with van der Waals surface area (Å²) in [7, 11) is 0. The minimum atomic E-state index is -1.11. The quantitative estimate of drug-likeness (QED) is 0.425. The van der Waals surface area contributed by atoms with E-state index in [1.807, 2.05) is 0 Å². The highest BCUT2D eigenvalue weighted by molar-refractivity contribution is 6.48. The van der Waals surface area contributed by atoms with Gasteiger partial charge < -0.3 is 9.47 Å². The van der Waals surface area contributed by atoms with E-state index in [1.165, 1.54) is 6.08 Å². The lowest BCUT2D eigenvalue weighted by atomic mass is 10.7. The summed E-state index contributed by atoms with van der Waals surface area (Å²) in [6.45, 7) is 3.38. The van der Waals surface area contributed by atoms with Crippen LogP contribution in [0.4, 0.5) is 4.79 Å². The number of carbonyl (C=O) groups is 1. The summed E-state index contributed by atoms with van der Waals surface area (Å²) in [6.07, 6.45) is 0.463. The van der Waals surface area contributed by atoms with Gasteiger partial charge in [0.15, 0.2) is 4.84 Å². The Bertz CT molecular complexity index is 160. The number of halogens is 3. The van der Waals surface area contributed by atoms with Gasteiger partial charge in [-0.05, 0) is 0 Å². The first-order chi connectivity index (χ1) is 5.57. The minimum Gasteiger partial charge on any atom is -0.430 e. The van der Waals surface area contributed by atoms with E-state index in [1.54, 1.807) is 0 Å². The highest BCUT2D eigenvalue weighted by Crippen LogP contribution is 2.15. The van der Waals surface area contributed by atoms with E-state index < -0.39 is 16.6 Å². The molecule has 0 saturated heterocycles. The number of hydrogen-bond acceptors (Lipinski definition) is 3. The van der Waals surface area contributed by atoms with Crippen molar-refractivity contribution < 1.29 is 14.3 Å². The Balaban J connectivity index is 3.61. The first kappa shape index (κ1) is 11.9. The maximum atomic E-state index is 10.6. The fourth-order valence-corrected chi connectivity index (χ4v) is 0.480. The Labute approximate surface area is 85.2 Å². The minimum absolute atomic E-state index is 0.0533. The third-order valence-corrected chi connectivity index (χ3v) is 1.78. The Kier molecular flexibility index (Phi) is 6.34. The van der Waals surface area contributed by atoms with Crippen LogP contribution in [0.3, 0.4) is 0 Å². The van der Waals surface area contributed by atoms with Gasteiger partial charge in [-0.1, -0.05) is 47.5 Å². The molecule has 0 saturated carbocycles. The molecule has 0 N–H and O–H groups in total. The van der Waals surface area contributed by atoms with Gasteiger partial charge >= 0.3 is 6.16 Å². The van der Waals surface area contributed by atoms with Crippen molar-refractivity contribution in [2.75, 3.05) is 6.61 Å². The molecule has 0 aliphatic rings. The van der Waals surface area contributed by atoms with Gasteiger partial charge in [0.1, 0.15) is 6.61 Å². The monoisotopic (exact) mass is 232 g/mol. The molecule has 0 radical (unpaired) electrons. The zero-order valence-electron chi connectivity index (χ0n) is 6.00. The molecule has 0 aromatic carbocycles. The molecule has 0 fully saturated rings. The van der Waals surface area contributed by atoms with Crippen molar-refractivity contribution in [1.29, 1.82) is 0 Å². The van der Waals surface area contributed by atoms with Gasteiger partial charge in [-0.15, -0.1) is 0 Å².